The number of hydrogen-bond donors (Lipinski definition) is 1. The van der Waals surface area contributed by atoms with E-state index in [0.29, 0.717) is 17.9 Å². The third kappa shape index (κ3) is 4.06. The zero-order valence-electron chi connectivity index (χ0n) is 14.2. The second kappa shape index (κ2) is 7.39. The van der Waals surface area contributed by atoms with Crippen molar-refractivity contribution in [2.75, 3.05) is 6.54 Å². The molecular weight excluding hydrogens is 262 g/mol. The van der Waals surface area contributed by atoms with Crippen LogP contribution in [-0.2, 0) is 0 Å². The smallest absolute Gasteiger partial charge is 0.231 e. The summed E-state index contributed by atoms with van der Waals surface area (Å²) in [6.07, 6.45) is 5.04. The highest BCUT2D eigenvalue weighted by Gasteiger charge is 2.30. The van der Waals surface area contributed by atoms with Gasteiger partial charge in [0.05, 0.1) is 5.92 Å². The van der Waals surface area contributed by atoms with Gasteiger partial charge in [0.25, 0.3) is 0 Å². The van der Waals surface area contributed by atoms with Crippen LogP contribution in [0.4, 0.5) is 0 Å². The van der Waals surface area contributed by atoms with Gasteiger partial charge in [-0.05, 0) is 38.1 Å². The van der Waals surface area contributed by atoms with E-state index in [4.69, 9.17) is 9.51 Å². The lowest BCUT2D eigenvalue weighted by Gasteiger charge is -2.25. The van der Waals surface area contributed by atoms with Gasteiger partial charge in [-0.25, -0.2) is 0 Å². The zero-order valence-corrected chi connectivity index (χ0v) is 14.2. The molecule has 1 heterocycles. The van der Waals surface area contributed by atoms with Gasteiger partial charge in [-0.15, -0.1) is 0 Å². The van der Waals surface area contributed by atoms with E-state index in [-0.39, 0.29) is 5.92 Å². The van der Waals surface area contributed by atoms with Crippen LogP contribution >= 0.6 is 0 Å². The Morgan fingerprint density at radius 3 is 2.67 bits per heavy atom. The van der Waals surface area contributed by atoms with Gasteiger partial charge in [-0.3, -0.25) is 0 Å². The predicted molar refractivity (Wildman–Crippen MR) is 85.4 cm³/mol. The summed E-state index contributed by atoms with van der Waals surface area (Å²) in [5.41, 5.74) is 0. The standard InChI is InChI=1S/C17H31N3O/c1-6-18-13(5)15(11(2)3)17-19-16(20-21-17)14-9-7-8-12(4)10-14/h11-15,18H,6-10H2,1-5H3. The molecule has 0 saturated heterocycles. The quantitative estimate of drug-likeness (QED) is 0.858. The fourth-order valence-corrected chi connectivity index (χ4v) is 3.74. The Morgan fingerprint density at radius 2 is 2.05 bits per heavy atom. The maximum Gasteiger partial charge on any atom is 0.231 e. The molecule has 120 valence electrons. The molecule has 0 aromatic carbocycles. The lowest BCUT2D eigenvalue weighted by atomic mass is 9.82. The Kier molecular flexibility index (Phi) is 5.80. The maximum atomic E-state index is 5.64. The highest BCUT2D eigenvalue weighted by Crippen LogP contribution is 2.35. The molecule has 1 aliphatic carbocycles. The molecule has 0 amide bonds. The van der Waals surface area contributed by atoms with E-state index in [2.05, 4.69) is 45.1 Å². The van der Waals surface area contributed by atoms with Crippen LogP contribution in [0.3, 0.4) is 0 Å². The molecule has 4 nitrogen and oxygen atoms in total. The minimum atomic E-state index is 0.284. The molecule has 4 atom stereocenters. The van der Waals surface area contributed by atoms with E-state index < -0.39 is 0 Å². The molecule has 0 bridgehead atoms. The Labute approximate surface area is 129 Å². The van der Waals surface area contributed by atoms with Gasteiger partial charge in [-0.2, -0.15) is 4.98 Å². The number of rotatable bonds is 6. The summed E-state index contributed by atoms with van der Waals surface area (Å²) in [6, 6.07) is 0.355. The first-order valence-corrected chi connectivity index (χ1v) is 8.59. The first-order chi connectivity index (χ1) is 10.0. The van der Waals surface area contributed by atoms with Crippen molar-refractivity contribution in [2.45, 2.75) is 78.2 Å². The van der Waals surface area contributed by atoms with E-state index in [0.717, 1.165) is 24.2 Å². The number of hydrogen-bond acceptors (Lipinski definition) is 4. The molecule has 0 spiro atoms. The van der Waals surface area contributed by atoms with Crippen molar-refractivity contribution in [3.8, 4) is 0 Å². The van der Waals surface area contributed by atoms with Crippen LogP contribution in [0.15, 0.2) is 4.52 Å². The van der Waals surface area contributed by atoms with E-state index in [1.165, 1.54) is 25.7 Å². The lowest BCUT2D eigenvalue weighted by molar-refractivity contribution is 0.277. The van der Waals surface area contributed by atoms with Crippen molar-refractivity contribution < 1.29 is 4.52 Å². The lowest BCUT2D eigenvalue weighted by Crippen LogP contribution is -2.34. The van der Waals surface area contributed by atoms with Gasteiger partial charge < -0.3 is 9.84 Å². The topological polar surface area (TPSA) is 51.0 Å². The molecule has 1 saturated carbocycles. The van der Waals surface area contributed by atoms with Crippen LogP contribution in [-0.4, -0.2) is 22.7 Å². The van der Waals surface area contributed by atoms with Gasteiger partial charge in [0.1, 0.15) is 0 Å². The van der Waals surface area contributed by atoms with E-state index >= 15 is 0 Å². The highest BCUT2D eigenvalue weighted by molar-refractivity contribution is 5.04. The zero-order chi connectivity index (χ0) is 15.4. The first kappa shape index (κ1) is 16.5. The van der Waals surface area contributed by atoms with Crippen molar-refractivity contribution in [1.29, 1.82) is 0 Å². The Balaban J connectivity index is 2.12. The summed E-state index contributed by atoms with van der Waals surface area (Å²) in [7, 11) is 0. The van der Waals surface area contributed by atoms with Gasteiger partial charge in [0.15, 0.2) is 5.82 Å². The minimum Gasteiger partial charge on any atom is -0.339 e. The van der Waals surface area contributed by atoms with E-state index in [9.17, 15) is 0 Å². The number of aromatic nitrogens is 2. The van der Waals surface area contributed by atoms with Crippen molar-refractivity contribution in [1.82, 2.24) is 15.5 Å². The monoisotopic (exact) mass is 293 g/mol. The Hall–Kier alpha value is -0.900. The van der Waals surface area contributed by atoms with Gasteiger partial charge in [0, 0.05) is 12.0 Å². The molecule has 0 radical (unpaired) electrons. The van der Waals surface area contributed by atoms with Crippen LogP contribution in [0.5, 0.6) is 0 Å². The molecule has 1 aromatic rings. The Bertz CT molecular complexity index is 429. The Morgan fingerprint density at radius 1 is 1.29 bits per heavy atom. The van der Waals surface area contributed by atoms with Crippen LogP contribution < -0.4 is 5.32 Å². The second-order valence-corrected chi connectivity index (χ2v) is 7.08. The summed E-state index contributed by atoms with van der Waals surface area (Å²) in [6.45, 7) is 12.1. The maximum absolute atomic E-state index is 5.64. The fraction of sp³-hybridized carbons (Fsp3) is 0.882. The van der Waals surface area contributed by atoms with Crippen LogP contribution in [0.25, 0.3) is 0 Å². The molecule has 4 unspecified atom stereocenters. The third-order valence-corrected chi connectivity index (χ3v) is 4.83. The minimum absolute atomic E-state index is 0.284. The van der Waals surface area contributed by atoms with Crippen molar-refractivity contribution in [3.63, 3.8) is 0 Å². The number of nitrogens with zero attached hydrogens (tertiary/aromatic N) is 2. The van der Waals surface area contributed by atoms with Gasteiger partial charge >= 0.3 is 0 Å². The predicted octanol–water partition coefficient (Wildman–Crippen LogP) is 4.10. The van der Waals surface area contributed by atoms with Crippen LogP contribution in [0.2, 0.25) is 0 Å². The number of nitrogens with one attached hydrogen (secondary N) is 1. The largest absolute Gasteiger partial charge is 0.339 e. The molecular formula is C17H31N3O. The van der Waals surface area contributed by atoms with Gasteiger partial charge in [0.2, 0.25) is 5.89 Å². The SMILES string of the molecule is CCNC(C)C(c1nc(C2CCCC(C)C2)no1)C(C)C. The summed E-state index contributed by atoms with van der Waals surface area (Å²) in [4.78, 5) is 4.78. The van der Waals surface area contributed by atoms with Crippen LogP contribution in [0.1, 0.15) is 83.9 Å². The van der Waals surface area contributed by atoms with Crippen LogP contribution in [0, 0.1) is 11.8 Å². The molecule has 2 rings (SSSR count). The molecule has 4 heteroatoms. The molecule has 1 aliphatic rings. The average Bonchev–Trinajstić information content (AvgIpc) is 2.88. The average molecular weight is 293 g/mol. The highest BCUT2D eigenvalue weighted by atomic mass is 16.5. The molecule has 1 N–H and O–H groups in total. The number of likely N-dealkylation sites (N-methyl/N-ethyl adjacent to an activating group) is 1. The fourth-order valence-electron chi connectivity index (χ4n) is 3.74. The third-order valence-electron chi connectivity index (χ3n) is 4.83. The summed E-state index contributed by atoms with van der Waals surface area (Å²) in [5, 5.41) is 7.80. The van der Waals surface area contributed by atoms with E-state index in [1.54, 1.807) is 0 Å². The summed E-state index contributed by atoms with van der Waals surface area (Å²) < 4.78 is 5.64. The van der Waals surface area contributed by atoms with E-state index in [1.807, 2.05) is 0 Å². The second-order valence-electron chi connectivity index (χ2n) is 7.08. The van der Waals surface area contributed by atoms with Crippen molar-refractivity contribution >= 4 is 0 Å². The molecule has 0 aliphatic heterocycles. The molecule has 1 fully saturated rings. The van der Waals surface area contributed by atoms with Crippen molar-refractivity contribution in [2.24, 2.45) is 11.8 Å². The summed E-state index contributed by atoms with van der Waals surface area (Å²) in [5.74, 6) is 3.79. The van der Waals surface area contributed by atoms with Gasteiger partial charge in [-0.1, -0.05) is 45.7 Å². The normalized spacial score (nSPS) is 26.0. The molecule has 21 heavy (non-hydrogen) atoms. The first-order valence-electron chi connectivity index (χ1n) is 8.59. The summed E-state index contributed by atoms with van der Waals surface area (Å²) >= 11 is 0. The van der Waals surface area contributed by atoms with Crippen molar-refractivity contribution in [3.05, 3.63) is 11.7 Å². The molecule has 1 aromatic heterocycles.